The maximum atomic E-state index is 13.2. The zero-order valence-electron chi connectivity index (χ0n) is 24.7. The van der Waals surface area contributed by atoms with Crippen LogP contribution in [0.4, 0.5) is 5.95 Å². The molecule has 0 saturated carbocycles. The predicted molar refractivity (Wildman–Crippen MR) is 174 cm³/mol. The van der Waals surface area contributed by atoms with Gasteiger partial charge in [0, 0.05) is 45.5 Å². The number of rotatable bonds is 9. The fraction of sp³-hybridized carbons (Fsp3) is 0.250. The van der Waals surface area contributed by atoms with Gasteiger partial charge in [0.2, 0.25) is 11.1 Å². The minimum absolute atomic E-state index is 0.129. The molecule has 1 aliphatic heterocycles. The number of hydrogen-bond acceptors (Lipinski definition) is 9. The number of thioether (sulfide) groups is 1. The molecule has 1 N–H and O–H groups in total. The van der Waals surface area contributed by atoms with Gasteiger partial charge >= 0.3 is 5.69 Å². The predicted octanol–water partition coefficient (Wildman–Crippen LogP) is 3.10. The van der Waals surface area contributed by atoms with Crippen LogP contribution in [0.1, 0.15) is 17.2 Å². The molecular weight excluding hydrogens is 588 g/mol. The Kier molecular flexibility index (Phi) is 8.01. The molecule has 0 aliphatic carbocycles. The SMILES string of the molecule is Cn1c(=O)[nH]c(=O)c2c1nc(N1CCN(C(c3ccccc3)c3ccccc3)CC1)n2CCSc1nnnn1-c1ccccc1. The molecule has 3 aromatic heterocycles. The van der Waals surface area contributed by atoms with E-state index in [1.807, 2.05) is 47.0 Å². The second-order valence-corrected chi connectivity index (χ2v) is 11.9. The minimum atomic E-state index is -0.488. The van der Waals surface area contributed by atoms with Gasteiger partial charge in [-0.25, -0.2) is 4.79 Å². The lowest BCUT2D eigenvalue weighted by Crippen LogP contribution is -2.48. The standard InChI is InChI=1S/C32H32N10O2S/c1-38-28-27(29(43)34-31(38)44)41(21-22-45-32-35-36-37-42(32)25-15-9-4-10-16-25)30(33-28)40-19-17-39(18-20-40)26(23-11-5-2-6-12-23)24-13-7-3-8-14-24/h2-16,26H,17-22H2,1H3,(H,34,43,44). The van der Waals surface area contributed by atoms with Gasteiger partial charge in [-0.05, 0) is 33.7 Å². The molecule has 13 heteroatoms. The van der Waals surface area contributed by atoms with Crippen molar-refractivity contribution in [1.82, 2.24) is 44.2 Å². The number of nitrogens with zero attached hydrogens (tertiary/aromatic N) is 9. The van der Waals surface area contributed by atoms with Crippen molar-refractivity contribution in [3.63, 3.8) is 0 Å². The summed E-state index contributed by atoms with van der Waals surface area (Å²) in [6.45, 7) is 3.49. The van der Waals surface area contributed by atoms with Gasteiger partial charge < -0.3 is 9.47 Å². The molecular formula is C32H32N10O2S. The van der Waals surface area contributed by atoms with Crippen LogP contribution >= 0.6 is 11.8 Å². The summed E-state index contributed by atoms with van der Waals surface area (Å²) >= 11 is 1.49. The van der Waals surface area contributed by atoms with Crippen LogP contribution in [0.15, 0.2) is 106 Å². The van der Waals surface area contributed by atoms with Crippen LogP contribution in [0.3, 0.4) is 0 Å². The molecule has 4 heterocycles. The smallest absolute Gasteiger partial charge is 0.329 e. The van der Waals surface area contributed by atoms with Crippen molar-refractivity contribution in [2.24, 2.45) is 7.05 Å². The Morgan fingerprint density at radius 1 is 0.844 bits per heavy atom. The molecule has 3 aromatic carbocycles. The van der Waals surface area contributed by atoms with E-state index in [-0.39, 0.29) is 6.04 Å². The monoisotopic (exact) mass is 620 g/mol. The number of nitrogens with one attached hydrogen (secondary N) is 1. The van der Waals surface area contributed by atoms with Crippen molar-refractivity contribution >= 4 is 28.9 Å². The largest absolute Gasteiger partial charge is 0.340 e. The van der Waals surface area contributed by atoms with E-state index in [9.17, 15) is 9.59 Å². The molecule has 45 heavy (non-hydrogen) atoms. The highest BCUT2D eigenvalue weighted by molar-refractivity contribution is 7.99. The molecule has 1 aliphatic rings. The number of aryl methyl sites for hydroxylation is 2. The quantitative estimate of drug-likeness (QED) is 0.243. The number of aromatic amines is 1. The first-order valence-electron chi connectivity index (χ1n) is 14.8. The Morgan fingerprint density at radius 2 is 1.47 bits per heavy atom. The summed E-state index contributed by atoms with van der Waals surface area (Å²) in [5.41, 5.74) is 3.18. The normalized spacial score (nSPS) is 14.0. The van der Waals surface area contributed by atoms with Gasteiger partial charge in [0.25, 0.3) is 5.56 Å². The van der Waals surface area contributed by atoms with Gasteiger partial charge in [0.15, 0.2) is 11.2 Å². The van der Waals surface area contributed by atoms with Crippen LogP contribution in [0, 0.1) is 0 Å². The summed E-state index contributed by atoms with van der Waals surface area (Å²) in [6.07, 6.45) is 0. The summed E-state index contributed by atoms with van der Waals surface area (Å²) in [5.74, 6) is 1.26. The molecule has 6 aromatic rings. The third kappa shape index (κ3) is 5.67. The van der Waals surface area contributed by atoms with Crippen molar-refractivity contribution in [1.29, 1.82) is 0 Å². The van der Waals surface area contributed by atoms with E-state index in [2.05, 4.69) is 78.8 Å². The third-order valence-corrected chi connectivity index (χ3v) is 9.07. The highest BCUT2D eigenvalue weighted by Crippen LogP contribution is 2.31. The second-order valence-electron chi connectivity index (χ2n) is 10.9. The zero-order chi connectivity index (χ0) is 30.8. The first kappa shape index (κ1) is 28.7. The molecule has 228 valence electrons. The van der Waals surface area contributed by atoms with E-state index < -0.39 is 11.2 Å². The molecule has 1 saturated heterocycles. The highest BCUT2D eigenvalue weighted by atomic mass is 32.2. The molecule has 12 nitrogen and oxygen atoms in total. The Labute approximate surface area is 262 Å². The van der Waals surface area contributed by atoms with Crippen LogP contribution in [-0.4, -0.2) is 76.1 Å². The van der Waals surface area contributed by atoms with E-state index >= 15 is 0 Å². The zero-order valence-corrected chi connectivity index (χ0v) is 25.5. The van der Waals surface area contributed by atoms with Gasteiger partial charge in [-0.2, -0.15) is 9.67 Å². The topological polar surface area (TPSA) is 123 Å². The van der Waals surface area contributed by atoms with Crippen LogP contribution in [0.5, 0.6) is 0 Å². The summed E-state index contributed by atoms with van der Waals surface area (Å²) in [6, 6.07) is 31.0. The number of benzene rings is 3. The molecule has 1 fully saturated rings. The van der Waals surface area contributed by atoms with E-state index in [0.29, 0.717) is 47.7 Å². The van der Waals surface area contributed by atoms with E-state index in [1.54, 1.807) is 11.7 Å². The molecule has 0 spiro atoms. The summed E-state index contributed by atoms with van der Waals surface area (Å²) in [7, 11) is 1.63. The Morgan fingerprint density at radius 3 is 2.11 bits per heavy atom. The van der Waals surface area contributed by atoms with Crippen molar-refractivity contribution in [2.75, 3.05) is 36.8 Å². The minimum Gasteiger partial charge on any atom is -0.340 e. The van der Waals surface area contributed by atoms with Crippen LogP contribution in [0.2, 0.25) is 0 Å². The van der Waals surface area contributed by atoms with E-state index in [0.717, 1.165) is 18.8 Å². The molecule has 0 unspecified atom stereocenters. The van der Waals surface area contributed by atoms with Crippen LogP contribution < -0.4 is 16.1 Å². The van der Waals surface area contributed by atoms with Crippen molar-refractivity contribution < 1.29 is 0 Å². The molecule has 0 amide bonds. The number of fused-ring (bicyclic) bond motifs is 1. The number of anilines is 1. The fourth-order valence-electron chi connectivity index (χ4n) is 5.97. The number of aromatic nitrogens is 8. The van der Waals surface area contributed by atoms with E-state index in [4.69, 9.17) is 4.98 Å². The lowest BCUT2D eigenvalue weighted by Gasteiger charge is -2.40. The van der Waals surface area contributed by atoms with Gasteiger partial charge in [-0.1, -0.05) is 90.6 Å². The first-order chi connectivity index (χ1) is 22.1. The number of piperazine rings is 1. The van der Waals surface area contributed by atoms with Crippen molar-refractivity contribution in [3.8, 4) is 5.69 Å². The first-order valence-corrected chi connectivity index (χ1v) is 15.8. The summed E-state index contributed by atoms with van der Waals surface area (Å²) < 4.78 is 5.03. The highest BCUT2D eigenvalue weighted by Gasteiger charge is 2.29. The van der Waals surface area contributed by atoms with Gasteiger partial charge in [0.05, 0.1) is 11.7 Å². The Bertz CT molecular complexity index is 1970. The van der Waals surface area contributed by atoms with E-state index in [1.165, 1.54) is 27.5 Å². The number of tetrazole rings is 1. The summed E-state index contributed by atoms with van der Waals surface area (Å²) in [4.78, 5) is 37.7. The summed E-state index contributed by atoms with van der Waals surface area (Å²) in [5, 5.41) is 12.9. The number of H-pyrrole nitrogens is 1. The number of hydrogen-bond donors (Lipinski definition) is 1. The second kappa shape index (κ2) is 12.5. The average molecular weight is 621 g/mol. The fourth-order valence-corrected chi connectivity index (χ4v) is 6.78. The lowest BCUT2D eigenvalue weighted by molar-refractivity contribution is 0.211. The Balaban J connectivity index is 1.16. The molecule has 7 rings (SSSR count). The molecule has 0 bridgehead atoms. The van der Waals surface area contributed by atoms with Crippen molar-refractivity contribution in [2.45, 2.75) is 17.7 Å². The average Bonchev–Trinajstić information content (AvgIpc) is 3.71. The molecule has 0 atom stereocenters. The molecule has 0 radical (unpaired) electrons. The van der Waals surface area contributed by atoms with Gasteiger partial charge in [-0.15, -0.1) is 5.10 Å². The van der Waals surface area contributed by atoms with Gasteiger partial charge in [-0.3, -0.25) is 19.2 Å². The maximum Gasteiger partial charge on any atom is 0.329 e. The van der Waals surface area contributed by atoms with Crippen LogP contribution in [-0.2, 0) is 13.6 Å². The van der Waals surface area contributed by atoms with Gasteiger partial charge in [0.1, 0.15) is 0 Å². The Hall–Kier alpha value is -5.01. The maximum absolute atomic E-state index is 13.2. The van der Waals surface area contributed by atoms with Crippen molar-refractivity contribution in [3.05, 3.63) is 123 Å². The third-order valence-electron chi connectivity index (χ3n) is 8.17. The number of imidazole rings is 1. The number of para-hydroxylation sites is 1. The van der Waals surface area contributed by atoms with Crippen LogP contribution in [0.25, 0.3) is 16.9 Å². The lowest BCUT2D eigenvalue weighted by atomic mass is 9.96.